The minimum absolute atomic E-state index is 0.0403. The van der Waals surface area contributed by atoms with Crippen LogP contribution in [0.15, 0.2) is 24.3 Å². The minimum Gasteiger partial charge on any atom is -0.368 e. The molecule has 2 fully saturated rings. The molecule has 0 radical (unpaired) electrons. The number of halogens is 1. The van der Waals surface area contributed by atoms with Gasteiger partial charge in [-0.25, -0.2) is 9.37 Å². The Kier molecular flexibility index (Phi) is 5.25. The van der Waals surface area contributed by atoms with Gasteiger partial charge in [-0.05, 0) is 43.9 Å². The van der Waals surface area contributed by atoms with Gasteiger partial charge in [0.25, 0.3) is 5.91 Å². The molecule has 0 aliphatic carbocycles. The fourth-order valence-corrected chi connectivity index (χ4v) is 4.43. The number of fused-ring (bicyclic) bond motifs is 1. The summed E-state index contributed by atoms with van der Waals surface area (Å²) in [5.41, 5.74) is 2.49. The number of hydrogen-bond acceptors (Lipinski definition) is 6. The van der Waals surface area contributed by atoms with E-state index in [0.29, 0.717) is 43.6 Å². The predicted molar refractivity (Wildman–Crippen MR) is 111 cm³/mol. The van der Waals surface area contributed by atoms with Crippen LogP contribution in [0.4, 0.5) is 21.8 Å². The highest BCUT2D eigenvalue weighted by atomic mass is 19.1. The molecule has 3 aliphatic rings. The first-order valence-corrected chi connectivity index (χ1v) is 10.7. The standard InChI is InChI=1S/C22H26FN5O2/c23-15-5-3-6-16(13-15)24-20-17-14-28(21(29)19-7-4-12-30-19)11-8-18(17)25-22(26-20)27-9-1-2-10-27/h3,5-6,13,19H,1-2,4,7-12,14H2,(H,24,25,26). The van der Waals surface area contributed by atoms with Crippen LogP contribution in [0.3, 0.4) is 0 Å². The summed E-state index contributed by atoms with van der Waals surface area (Å²) in [5, 5.41) is 3.28. The van der Waals surface area contributed by atoms with Crippen molar-refractivity contribution in [2.45, 2.75) is 44.8 Å². The smallest absolute Gasteiger partial charge is 0.252 e. The van der Waals surface area contributed by atoms with Gasteiger partial charge in [0.1, 0.15) is 17.7 Å². The van der Waals surface area contributed by atoms with Gasteiger partial charge in [-0.1, -0.05) is 6.07 Å². The molecular weight excluding hydrogens is 385 g/mol. The monoisotopic (exact) mass is 411 g/mol. The van der Waals surface area contributed by atoms with Crippen LogP contribution in [0.5, 0.6) is 0 Å². The number of aromatic nitrogens is 2. The lowest BCUT2D eigenvalue weighted by Crippen LogP contribution is -2.42. The summed E-state index contributed by atoms with van der Waals surface area (Å²) in [6, 6.07) is 6.34. The van der Waals surface area contributed by atoms with Crippen LogP contribution in [0.1, 0.15) is 36.9 Å². The Balaban J connectivity index is 1.47. The van der Waals surface area contributed by atoms with Gasteiger partial charge in [-0.15, -0.1) is 0 Å². The normalized spacial score (nSPS) is 21.0. The van der Waals surface area contributed by atoms with Crippen LogP contribution < -0.4 is 10.2 Å². The van der Waals surface area contributed by atoms with E-state index in [2.05, 4.69) is 10.2 Å². The van der Waals surface area contributed by atoms with Crippen LogP contribution in [0, 0.1) is 5.82 Å². The summed E-state index contributed by atoms with van der Waals surface area (Å²) in [5.74, 6) is 1.10. The average molecular weight is 411 g/mol. The number of hydrogen-bond donors (Lipinski definition) is 1. The lowest BCUT2D eigenvalue weighted by atomic mass is 10.0. The molecule has 7 nitrogen and oxygen atoms in total. The lowest BCUT2D eigenvalue weighted by molar-refractivity contribution is -0.141. The van der Waals surface area contributed by atoms with Gasteiger partial charge in [0.2, 0.25) is 5.95 Å². The number of amides is 1. The number of nitrogens with zero attached hydrogens (tertiary/aromatic N) is 4. The van der Waals surface area contributed by atoms with E-state index in [-0.39, 0.29) is 17.8 Å². The van der Waals surface area contributed by atoms with Crippen molar-refractivity contribution in [3.8, 4) is 0 Å². The van der Waals surface area contributed by atoms with Crippen molar-refractivity contribution in [2.75, 3.05) is 36.5 Å². The topological polar surface area (TPSA) is 70.6 Å². The van der Waals surface area contributed by atoms with Crippen LogP contribution in [-0.2, 0) is 22.5 Å². The van der Waals surface area contributed by atoms with E-state index in [1.165, 1.54) is 12.1 Å². The van der Waals surface area contributed by atoms with Gasteiger partial charge in [-0.2, -0.15) is 4.98 Å². The fraction of sp³-hybridized carbons (Fsp3) is 0.500. The van der Waals surface area contributed by atoms with E-state index in [1.54, 1.807) is 6.07 Å². The molecule has 1 N–H and O–H groups in total. The molecule has 158 valence electrons. The van der Waals surface area contributed by atoms with Gasteiger partial charge < -0.3 is 19.9 Å². The number of rotatable bonds is 4. The Hall–Kier alpha value is -2.74. The number of nitrogens with one attached hydrogen (secondary N) is 1. The number of benzene rings is 1. The van der Waals surface area contributed by atoms with Crippen LogP contribution in [-0.4, -0.2) is 53.1 Å². The molecule has 1 amide bonds. The first-order chi connectivity index (χ1) is 14.7. The largest absolute Gasteiger partial charge is 0.368 e. The van der Waals surface area contributed by atoms with Crippen molar-refractivity contribution in [3.63, 3.8) is 0 Å². The third kappa shape index (κ3) is 3.84. The van der Waals surface area contributed by atoms with Crippen molar-refractivity contribution in [3.05, 3.63) is 41.3 Å². The number of carbonyl (C=O) groups is 1. The molecule has 8 heteroatoms. The van der Waals surface area contributed by atoms with Crippen LogP contribution in [0.2, 0.25) is 0 Å². The van der Waals surface area contributed by atoms with Gasteiger partial charge in [0.15, 0.2) is 0 Å². The Morgan fingerprint density at radius 1 is 1.17 bits per heavy atom. The maximum absolute atomic E-state index is 13.7. The average Bonchev–Trinajstić information content (AvgIpc) is 3.47. The first-order valence-electron chi connectivity index (χ1n) is 10.7. The highest BCUT2D eigenvalue weighted by Gasteiger charge is 2.32. The quantitative estimate of drug-likeness (QED) is 0.834. The molecule has 5 rings (SSSR count). The third-order valence-electron chi connectivity index (χ3n) is 6.04. The van der Waals surface area contributed by atoms with Crippen molar-refractivity contribution < 1.29 is 13.9 Å². The lowest BCUT2D eigenvalue weighted by Gasteiger charge is -2.32. The Morgan fingerprint density at radius 2 is 2.03 bits per heavy atom. The molecular formula is C22H26FN5O2. The summed E-state index contributed by atoms with van der Waals surface area (Å²) in [6.07, 6.45) is 4.31. The maximum Gasteiger partial charge on any atom is 0.252 e. The zero-order valence-electron chi connectivity index (χ0n) is 16.9. The zero-order chi connectivity index (χ0) is 20.5. The fourth-order valence-electron chi connectivity index (χ4n) is 4.43. The summed E-state index contributed by atoms with van der Waals surface area (Å²) in [4.78, 5) is 26.6. The second-order valence-electron chi connectivity index (χ2n) is 8.14. The highest BCUT2D eigenvalue weighted by molar-refractivity contribution is 5.81. The van der Waals surface area contributed by atoms with E-state index in [9.17, 15) is 9.18 Å². The van der Waals surface area contributed by atoms with E-state index >= 15 is 0 Å². The zero-order valence-corrected chi connectivity index (χ0v) is 16.9. The minimum atomic E-state index is -0.337. The first kappa shape index (κ1) is 19.2. The van der Waals surface area contributed by atoms with Gasteiger partial charge >= 0.3 is 0 Å². The molecule has 0 bridgehead atoms. The molecule has 3 aliphatic heterocycles. The maximum atomic E-state index is 13.7. The molecule has 0 saturated carbocycles. The number of anilines is 3. The SMILES string of the molecule is O=C(C1CCCO1)N1CCc2nc(N3CCCC3)nc(Nc3cccc(F)c3)c2C1. The van der Waals surface area contributed by atoms with E-state index in [0.717, 1.165) is 50.0 Å². The van der Waals surface area contributed by atoms with Crippen LogP contribution in [0.25, 0.3) is 0 Å². The molecule has 1 atom stereocenters. The second kappa shape index (κ2) is 8.18. The van der Waals surface area contributed by atoms with Crippen molar-refractivity contribution in [1.82, 2.24) is 14.9 Å². The second-order valence-corrected chi connectivity index (χ2v) is 8.14. The van der Waals surface area contributed by atoms with Gasteiger partial charge in [-0.3, -0.25) is 4.79 Å². The predicted octanol–water partition coefficient (Wildman–Crippen LogP) is 3.02. The third-order valence-corrected chi connectivity index (χ3v) is 6.04. The molecule has 30 heavy (non-hydrogen) atoms. The van der Waals surface area contributed by atoms with Gasteiger partial charge in [0, 0.05) is 43.9 Å². The number of carbonyl (C=O) groups excluding carboxylic acids is 1. The molecule has 2 aromatic rings. The molecule has 1 aromatic carbocycles. The van der Waals surface area contributed by atoms with E-state index in [1.807, 2.05) is 11.0 Å². The Bertz CT molecular complexity index is 941. The summed E-state index contributed by atoms with van der Waals surface area (Å²) in [7, 11) is 0. The highest BCUT2D eigenvalue weighted by Crippen LogP contribution is 2.31. The van der Waals surface area contributed by atoms with Crippen molar-refractivity contribution in [2.24, 2.45) is 0 Å². The summed E-state index contributed by atoms with van der Waals surface area (Å²) in [6.45, 7) is 3.60. The number of ether oxygens (including phenoxy) is 1. The summed E-state index contributed by atoms with van der Waals surface area (Å²) >= 11 is 0. The van der Waals surface area contributed by atoms with Crippen molar-refractivity contribution >= 4 is 23.4 Å². The molecule has 1 aromatic heterocycles. The van der Waals surface area contributed by atoms with E-state index in [4.69, 9.17) is 14.7 Å². The summed E-state index contributed by atoms with van der Waals surface area (Å²) < 4.78 is 19.3. The van der Waals surface area contributed by atoms with Crippen molar-refractivity contribution in [1.29, 1.82) is 0 Å². The molecule has 1 unspecified atom stereocenters. The molecule has 4 heterocycles. The Morgan fingerprint density at radius 3 is 2.80 bits per heavy atom. The molecule has 0 spiro atoms. The van der Waals surface area contributed by atoms with E-state index < -0.39 is 0 Å². The Labute approximate surface area is 175 Å². The van der Waals surface area contributed by atoms with Crippen LogP contribution >= 0.6 is 0 Å². The molecule has 2 saturated heterocycles. The van der Waals surface area contributed by atoms with Gasteiger partial charge in [0.05, 0.1) is 12.2 Å².